The van der Waals surface area contributed by atoms with Crippen molar-refractivity contribution in [3.8, 4) is 5.88 Å². The minimum atomic E-state index is 0.0648. The fraction of sp³-hybridized carbons (Fsp3) is 0.412. The van der Waals surface area contributed by atoms with Crippen LogP contribution in [-0.2, 0) is 5.75 Å². The van der Waals surface area contributed by atoms with Crippen molar-refractivity contribution >= 4 is 17.6 Å². The second-order valence-electron chi connectivity index (χ2n) is 5.74. The van der Waals surface area contributed by atoms with E-state index in [1.165, 1.54) is 36.6 Å². The molecule has 1 aliphatic carbocycles. The molecular weight excluding hydrogens is 294 g/mol. The maximum atomic E-state index is 10.3. The number of aromatic hydroxyl groups is 1. The van der Waals surface area contributed by atoms with E-state index in [4.69, 9.17) is 5.73 Å². The monoisotopic (exact) mass is 315 g/mol. The second kappa shape index (κ2) is 7.01. The first-order chi connectivity index (χ1) is 10.7. The summed E-state index contributed by atoms with van der Waals surface area (Å²) < 4.78 is 0. The summed E-state index contributed by atoms with van der Waals surface area (Å²) in [6, 6.07) is 10.1. The molecule has 1 heterocycles. The largest absolute Gasteiger partial charge is 0.493 e. The zero-order valence-electron chi connectivity index (χ0n) is 12.5. The number of hydrogen-bond donors (Lipinski definition) is 2. The maximum absolute atomic E-state index is 10.3. The lowest BCUT2D eigenvalue weighted by Crippen LogP contribution is -2.10. The Morgan fingerprint density at radius 1 is 1.09 bits per heavy atom. The lowest BCUT2D eigenvalue weighted by molar-refractivity contribution is 0.399. The lowest BCUT2D eigenvalue weighted by Gasteiger charge is -2.23. The molecule has 0 radical (unpaired) electrons. The summed E-state index contributed by atoms with van der Waals surface area (Å²) in [5.41, 5.74) is 8.05. The zero-order valence-corrected chi connectivity index (χ0v) is 13.4. The molecule has 4 nitrogen and oxygen atoms in total. The Morgan fingerprint density at radius 3 is 2.50 bits per heavy atom. The van der Waals surface area contributed by atoms with Crippen molar-refractivity contribution in [3.63, 3.8) is 0 Å². The van der Waals surface area contributed by atoms with Gasteiger partial charge in [-0.2, -0.15) is 4.98 Å². The Kier molecular flexibility index (Phi) is 4.83. The van der Waals surface area contributed by atoms with E-state index in [1.54, 1.807) is 0 Å². The number of hydrogen-bond acceptors (Lipinski definition) is 5. The van der Waals surface area contributed by atoms with Crippen LogP contribution in [0.3, 0.4) is 0 Å². The van der Waals surface area contributed by atoms with Crippen LogP contribution in [-0.4, -0.2) is 15.1 Å². The van der Waals surface area contributed by atoms with Crippen molar-refractivity contribution in [2.45, 2.75) is 48.9 Å². The first kappa shape index (κ1) is 15.2. The smallest absolute Gasteiger partial charge is 0.220 e. The van der Waals surface area contributed by atoms with Gasteiger partial charge in [-0.3, -0.25) is 0 Å². The minimum Gasteiger partial charge on any atom is -0.493 e. The fourth-order valence-electron chi connectivity index (χ4n) is 3.02. The SMILES string of the molecule is Nc1nc(SCc2ccccc2)nc(O)c1C1CCCCC1. The van der Waals surface area contributed by atoms with Crippen molar-refractivity contribution in [1.29, 1.82) is 0 Å². The number of aromatic nitrogens is 2. The molecule has 1 aliphatic rings. The molecule has 3 N–H and O–H groups in total. The highest BCUT2D eigenvalue weighted by Crippen LogP contribution is 2.39. The van der Waals surface area contributed by atoms with Crippen LogP contribution >= 0.6 is 11.8 Å². The molecular formula is C17H21N3OS. The molecule has 116 valence electrons. The van der Waals surface area contributed by atoms with Gasteiger partial charge >= 0.3 is 0 Å². The van der Waals surface area contributed by atoms with E-state index in [0.29, 0.717) is 16.9 Å². The normalized spacial score (nSPS) is 15.8. The van der Waals surface area contributed by atoms with Gasteiger partial charge < -0.3 is 10.8 Å². The van der Waals surface area contributed by atoms with Crippen molar-refractivity contribution in [2.24, 2.45) is 0 Å². The number of thioether (sulfide) groups is 1. The summed E-state index contributed by atoms with van der Waals surface area (Å²) in [6.07, 6.45) is 5.78. The number of nitrogens with zero attached hydrogens (tertiary/aromatic N) is 2. The quantitative estimate of drug-likeness (QED) is 0.656. The predicted octanol–water partition coefficient (Wildman–Crippen LogP) is 4.10. The summed E-state index contributed by atoms with van der Waals surface area (Å²) >= 11 is 1.49. The van der Waals surface area contributed by atoms with Crippen molar-refractivity contribution < 1.29 is 5.11 Å². The van der Waals surface area contributed by atoms with Crippen LogP contribution in [0.5, 0.6) is 5.88 Å². The maximum Gasteiger partial charge on any atom is 0.220 e. The average molecular weight is 315 g/mol. The molecule has 3 rings (SSSR count). The van der Waals surface area contributed by atoms with Crippen LogP contribution in [0.1, 0.15) is 49.1 Å². The van der Waals surface area contributed by atoms with E-state index in [1.807, 2.05) is 18.2 Å². The number of anilines is 1. The van der Waals surface area contributed by atoms with Gasteiger partial charge in [0, 0.05) is 5.75 Å². The first-order valence-electron chi connectivity index (χ1n) is 7.77. The van der Waals surface area contributed by atoms with Crippen LogP contribution < -0.4 is 5.73 Å². The molecule has 1 aromatic heterocycles. The van der Waals surface area contributed by atoms with E-state index < -0.39 is 0 Å². The van der Waals surface area contributed by atoms with Crippen LogP contribution in [0.2, 0.25) is 0 Å². The van der Waals surface area contributed by atoms with Crippen LogP contribution in [0.4, 0.5) is 5.82 Å². The molecule has 1 fully saturated rings. The van der Waals surface area contributed by atoms with Gasteiger partial charge in [-0.15, -0.1) is 0 Å². The van der Waals surface area contributed by atoms with Crippen LogP contribution in [0.15, 0.2) is 35.5 Å². The van der Waals surface area contributed by atoms with E-state index in [9.17, 15) is 5.11 Å². The molecule has 22 heavy (non-hydrogen) atoms. The molecule has 0 amide bonds. The lowest BCUT2D eigenvalue weighted by atomic mass is 9.84. The average Bonchev–Trinajstić information content (AvgIpc) is 2.54. The van der Waals surface area contributed by atoms with Gasteiger partial charge in [0.1, 0.15) is 5.82 Å². The number of benzene rings is 1. The van der Waals surface area contributed by atoms with Gasteiger partial charge in [-0.25, -0.2) is 4.98 Å². The number of nitrogens with two attached hydrogens (primary N) is 1. The Bertz CT molecular complexity index is 604. The highest BCUT2D eigenvalue weighted by Gasteiger charge is 2.23. The molecule has 0 atom stereocenters. The topological polar surface area (TPSA) is 72.0 Å². The Labute approximate surface area is 135 Å². The van der Waals surface area contributed by atoms with Gasteiger partial charge in [-0.05, 0) is 24.3 Å². The van der Waals surface area contributed by atoms with Gasteiger partial charge in [0.2, 0.25) is 5.88 Å². The zero-order chi connectivity index (χ0) is 15.4. The molecule has 5 heteroatoms. The Morgan fingerprint density at radius 2 is 1.82 bits per heavy atom. The van der Waals surface area contributed by atoms with E-state index in [-0.39, 0.29) is 5.88 Å². The highest BCUT2D eigenvalue weighted by atomic mass is 32.2. The first-order valence-corrected chi connectivity index (χ1v) is 8.75. The molecule has 1 saturated carbocycles. The number of rotatable bonds is 4. The van der Waals surface area contributed by atoms with Crippen LogP contribution in [0, 0.1) is 0 Å². The van der Waals surface area contributed by atoms with Gasteiger partial charge in [0.25, 0.3) is 0 Å². The van der Waals surface area contributed by atoms with Gasteiger partial charge in [-0.1, -0.05) is 61.4 Å². The summed E-state index contributed by atoms with van der Waals surface area (Å²) in [6.45, 7) is 0. The van der Waals surface area contributed by atoms with Gasteiger partial charge in [0.05, 0.1) is 5.56 Å². The van der Waals surface area contributed by atoms with Crippen molar-refractivity contribution in [1.82, 2.24) is 9.97 Å². The standard InChI is InChI=1S/C17H21N3OS/c18-15-14(13-9-5-2-6-10-13)16(21)20-17(19-15)22-11-12-7-3-1-4-8-12/h1,3-4,7-8,13H,2,5-6,9-11H2,(H3,18,19,20,21). The molecule has 0 bridgehead atoms. The third-order valence-electron chi connectivity index (χ3n) is 4.16. The Hall–Kier alpha value is -1.75. The molecule has 2 aromatic rings. The van der Waals surface area contributed by atoms with Crippen molar-refractivity contribution in [2.75, 3.05) is 5.73 Å². The van der Waals surface area contributed by atoms with Gasteiger partial charge in [0.15, 0.2) is 5.16 Å². The molecule has 0 aliphatic heterocycles. The summed E-state index contributed by atoms with van der Waals surface area (Å²) in [5, 5.41) is 10.8. The Balaban J connectivity index is 1.74. The minimum absolute atomic E-state index is 0.0648. The van der Waals surface area contributed by atoms with Crippen LogP contribution in [0.25, 0.3) is 0 Å². The summed E-state index contributed by atoms with van der Waals surface area (Å²) in [4.78, 5) is 8.65. The third-order valence-corrected chi connectivity index (χ3v) is 5.08. The molecule has 0 unspecified atom stereocenters. The van der Waals surface area contributed by atoms with E-state index >= 15 is 0 Å². The molecule has 0 saturated heterocycles. The molecule has 1 aromatic carbocycles. The highest BCUT2D eigenvalue weighted by molar-refractivity contribution is 7.98. The third kappa shape index (κ3) is 3.53. The summed E-state index contributed by atoms with van der Waals surface area (Å²) in [5.74, 6) is 1.58. The van der Waals surface area contributed by atoms with E-state index in [0.717, 1.165) is 24.2 Å². The predicted molar refractivity (Wildman–Crippen MR) is 89.9 cm³/mol. The van der Waals surface area contributed by atoms with Crippen molar-refractivity contribution in [3.05, 3.63) is 41.5 Å². The summed E-state index contributed by atoms with van der Waals surface area (Å²) in [7, 11) is 0. The van der Waals surface area contributed by atoms with E-state index in [2.05, 4.69) is 22.1 Å². The fourth-order valence-corrected chi connectivity index (χ4v) is 3.83. The molecule has 0 spiro atoms. The number of nitrogen functional groups attached to an aromatic ring is 1. The second-order valence-corrected chi connectivity index (χ2v) is 6.68.